The Morgan fingerprint density at radius 2 is 2.33 bits per heavy atom. The van der Waals surface area contributed by atoms with E-state index in [1.165, 1.54) is 19.3 Å². The summed E-state index contributed by atoms with van der Waals surface area (Å²) in [6, 6.07) is 0.228. The first-order valence-corrected chi connectivity index (χ1v) is 6.71. The van der Waals surface area contributed by atoms with Crippen molar-refractivity contribution in [3.63, 3.8) is 0 Å². The summed E-state index contributed by atoms with van der Waals surface area (Å²) in [4.78, 5) is 4.52. The van der Waals surface area contributed by atoms with Gasteiger partial charge in [-0.25, -0.2) is 0 Å². The quantitative estimate of drug-likeness (QED) is 0.837. The molecule has 1 aliphatic rings. The van der Waals surface area contributed by atoms with Crippen LogP contribution in [-0.4, -0.2) is 36.9 Å². The van der Waals surface area contributed by atoms with Crippen molar-refractivity contribution in [2.75, 3.05) is 20.8 Å². The minimum atomic E-state index is 0.228. The molecule has 1 saturated carbocycles. The molecule has 3 unspecified atom stereocenters. The predicted molar refractivity (Wildman–Crippen MR) is 68.5 cm³/mol. The number of rotatable bonds is 6. The van der Waals surface area contributed by atoms with E-state index >= 15 is 0 Å². The Kier molecular flexibility index (Phi) is 4.72. The summed E-state index contributed by atoms with van der Waals surface area (Å²) in [5.41, 5.74) is 0. The molecule has 3 atom stereocenters. The largest absolute Gasteiger partial charge is 0.383 e. The number of hydrogen-bond acceptors (Lipinski definition) is 5. The second-order valence-corrected chi connectivity index (χ2v) is 5.31. The Labute approximate surface area is 108 Å². The molecule has 1 aliphatic carbocycles. The van der Waals surface area contributed by atoms with Gasteiger partial charge in [-0.2, -0.15) is 4.98 Å². The molecule has 1 heterocycles. The number of hydrogen-bond donors (Lipinski definition) is 1. The molecule has 0 spiro atoms. The van der Waals surface area contributed by atoms with Crippen molar-refractivity contribution >= 4 is 0 Å². The molecule has 0 bridgehead atoms. The first kappa shape index (κ1) is 13.5. The van der Waals surface area contributed by atoms with Gasteiger partial charge in [-0.3, -0.25) is 0 Å². The smallest absolute Gasteiger partial charge is 0.228 e. The fourth-order valence-corrected chi connectivity index (χ4v) is 2.61. The number of ether oxygens (including phenoxy) is 1. The molecular weight excluding hydrogens is 230 g/mol. The van der Waals surface area contributed by atoms with Gasteiger partial charge in [-0.15, -0.1) is 0 Å². The van der Waals surface area contributed by atoms with Gasteiger partial charge < -0.3 is 14.6 Å². The molecule has 5 nitrogen and oxygen atoms in total. The van der Waals surface area contributed by atoms with E-state index in [2.05, 4.69) is 22.4 Å². The first-order chi connectivity index (χ1) is 8.72. The highest BCUT2D eigenvalue weighted by Crippen LogP contribution is 2.36. The molecule has 0 aliphatic heterocycles. The molecule has 1 N–H and O–H groups in total. The van der Waals surface area contributed by atoms with E-state index < -0.39 is 0 Å². The fraction of sp³-hybridized carbons (Fsp3) is 0.846. The van der Waals surface area contributed by atoms with E-state index in [4.69, 9.17) is 9.26 Å². The second-order valence-electron chi connectivity index (χ2n) is 5.31. The number of methoxy groups -OCH3 is 1. The average Bonchev–Trinajstić information content (AvgIpc) is 2.97. The van der Waals surface area contributed by atoms with Crippen LogP contribution in [0.25, 0.3) is 0 Å². The molecule has 0 saturated heterocycles. The summed E-state index contributed by atoms with van der Waals surface area (Å²) in [5, 5.41) is 7.31. The van der Waals surface area contributed by atoms with Gasteiger partial charge in [-0.1, -0.05) is 12.1 Å². The zero-order valence-corrected chi connectivity index (χ0v) is 11.5. The van der Waals surface area contributed by atoms with Gasteiger partial charge in [0.1, 0.15) is 0 Å². The molecule has 1 aromatic heterocycles. The van der Waals surface area contributed by atoms with Crippen molar-refractivity contribution in [2.45, 2.75) is 44.6 Å². The summed E-state index contributed by atoms with van der Waals surface area (Å²) < 4.78 is 10.5. The molecule has 5 heteroatoms. The van der Waals surface area contributed by atoms with Crippen molar-refractivity contribution in [1.29, 1.82) is 0 Å². The van der Waals surface area contributed by atoms with E-state index in [0.29, 0.717) is 18.4 Å². The minimum absolute atomic E-state index is 0.228. The fourth-order valence-electron chi connectivity index (χ4n) is 2.61. The zero-order chi connectivity index (χ0) is 13.0. The number of nitrogens with one attached hydrogen (secondary N) is 1. The molecule has 2 rings (SSSR count). The molecule has 0 amide bonds. The van der Waals surface area contributed by atoms with Gasteiger partial charge in [-0.05, 0) is 32.2 Å². The SMILES string of the molecule is CNC(COC)Cc1nc(C2CCC(C)C2)no1. The van der Waals surface area contributed by atoms with Crippen molar-refractivity contribution in [3.05, 3.63) is 11.7 Å². The van der Waals surface area contributed by atoms with Crippen LogP contribution in [0, 0.1) is 5.92 Å². The van der Waals surface area contributed by atoms with E-state index in [0.717, 1.165) is 18.2 Å². The van der Waals surface area contributed by atoms with Crippen LogP contribution in [0.4, 0.5) is 0 Å². The third-order valence-corrected chi connectivity index (χ3v) is 3.74. The van der Waals surface area contributed by atoms with Crippen LogP contribution < -0.4 is 5.32 Å². The molecule has 18 heavy (non-hydrogen) atoms. The predicted octanol–water partition coefficient (Wildman–Crippen LogP) is 1.75. The van der Waals surface area contributed by atoms with E-state index in [1.54, 1.807) is 7.11 Å². The average molecular weight is 253 g/mol. The Bertz CT molecular complexity index is 367. The maximum absolute atomic E-state index is 5.33. The minimum Gasteiger partial charge on any atom is -0.383 e. The first-order valence-electron chi connectivity index (χ1n) is 6.71. The van der Waals surface area contributed by atoms with Crippen molar-refractivity contribution in [1.82, 2.24) is 15.5 Å². The summed E-state index contributed by atoms with van der Waals surface area (Å²) in [6.07, 6.45) is 4.37. The van der Waals surface area contributed by atoms with Crippen molar-refractivity contribution in [3.8, 4) is 0 Å². The van der Waals surface area contributed by atoms with Crippen LogP contribution in [0.2, 0.25) is 0 Å². The highest BCUT2D eigenvalue weighted by atomic mass is 16.5. The highest BCUT2D eigenvalue weighted by Gasteiger charge is 2.27. The molecule has 0 aromatic carbocycles. The molecular formula is C13H23N3O2. The van der Waals surface area contributed by atoms with Gasteiger partial charge in [0.2, 0.25) is 5.89 Å². The van der Waals surface area contributed by atoms with Gasteiger partial charge in [0, 0.05) is 25.5 Å². The Morgan fingerprint density at radius 1 is 1.50 bits per heavy atom. The topological polar surface area (TPSA) is 60.2 Å². The lowest BCUT2D eigenvalue weighted by Crippen LogP contribution is -2.32. The maximum Gasteiger partial charge on any atom is 0.228 e. The number of nitrogens with zero attached hydrogens (tertiary/aromatic N) is 2. The van der Waals surface area contributed by atoms with Crippen molar-refractivity contribution in [2.24, 2.45) is 5.92 Å². The molecule has 1 aromatic rings. The van der Waals surface area contributed by atoms with Gasteiger partial charge in [0.05, 0.1) is 6.61 Å². The van der Waals surface area contributed by atoms with Crippen LogP contribution in [0.3, 0.4) is 0 Å². The van der Waals surface area contributed by atoms with Crippen LogP contribution >= 0.6 is 0 Å². The summed E-state index contributed by atoms with van der Waals surface area (Å²) in [6.45, 7) is 2.94. The number of likely N-dealkylation sites (N-methyl/N-ethyl adjacent to an activating group) is 1. The van der Waals surface area contributed by atoms with E-state index in [9.17, 15) is 0 Å². The molecule has 0 radical (unpaired) electrons. The third-order valence-electron chi connectivity index (χ3n) is 3.74. The Balaban J connectivity index is 1.93. The second kappa shape index (κ2) is 6.29. The lowest BCUT2D eigenvalue weighted by atomic mass is 10.1. The van der Waals surface area contributed by atoms with Gasteiger partial charge in [0.15, 0.2) is 5.82 Å². The van der Waals surface area contributed by atoms with Crippen LogP contribution in [0.5, 0.6) is 0 Å². The normalized spacial score (nSPS) is 25.5. The van der Waals surface area contributed by atoms with Crippen LogP contribution in [0.1, 0.15) is 43.8 Å². The van der Waals surface area contributed by atoms with Gasteiger partial charge in [0.25, 0.3) is 0 Å². The number of aromatic nitrogens is 2. The summed E-state index contributed by atoms with van der Waals surface area (Å²) in [7, 11) is 3.61. The van der Waals surface area contributed by atoms with Gasteiger partial charge >= 0.3 is 0 Å². The Hall–Kier alpha value is -0.940. The summed E-state index contributed by atoms with van der Waals surface area (Å²) >= 11 is 0. The van der Waals surface area contributed by atoms with Crippen LogP contribution in [-0.2, 0) is 11.2 Å². The van der Waals surface area contributed by atoms with Crippen LogP contribution in [0.15, 0.2) is 4.52 Å². The lowest BCUT2D eigenvalue weighted by molar-refractivity contribution is 0.165. The lowest BCUT2D eigenvalue weighted by Gasteiger charge is -2.11. The summed E-state index contributed by atoms with van der Waals surface area (Å²) in [5.74, 6) is 2.88. The van der Waals surface area contributed by atoms with E-state index in [-0.39, 0.29) is 6.04 Å². The van der Waals surface area contributed by atoms with Crippen molar-refractivity contribution < 1.29 is 9.26 Å². The monoisotopic (exact) mass is 253 g/mol. The highest BCUT2D eigenvalue weighted by molar-refractivity contribution is 5.00. The van der Waals surface area contributed by atoms with E-state index in [1.807, 2.05) is 7.05 Å². The Morgan fingerprint density at radius 3 is 2.94 bits per heavy atom. The maximum atomic E-state index is 5.33. The third kappa shape index (κ3) is 3.29. The molecule has 102 valence electrons. The standard InChI is InChI=1S/C13H23N3O2/c1-9-4-5-10(6-9)13-15-12(18-16-13)7-11(14-2)8-17-3/h9-11,14H,4-8H2,1-3H3. The zero-order valence-electron chi connectivity index (χ0n) is 11.5. The molecule has 1 fully saturated rings.